The van der Waals surface area contributed by atoms with Gasteiger partial charge in [-0.05, 0) is 41.3 Å². The number of imidazole rings is 1. The highest BCUT2D eigenvalue weighted by Crippen LogP contribution is 2.30. The number of halogens is 1. The summed E-state index contributed by atoms with van der Waals surface area (Å²) in [7, 11) is 0. The Morgan fingerprint density at radius 3 is 2.64 bits per heavy atom. The number of rotatable bonds is 6. The SMILES string of the molecule is O=C(Nc1nc2c(C(=O)Nc3nc4c(s3)CN(Cc3ccc(Cl)cc3)CC4)cccc2[nH]1)c1cc2ccccc2cn1. The number of aromatic nitrogens is 4. The number of nitrogens with zero attached hydrogens (tertiary/aromatic N) is 4. The van der Waals surface area contributed by atoms with E-state index in [1.807, 2.05) is 48.5 Å². The Labute approximate surface area is 249 Å². The average molecular weight is 594 g/mol. The molecule has 3 aromatic heterocycles. The summed E-state index contributed by atoms with van der Waals surface area (Å²) in [4.78, 5) is 46.3. The number of nitrogens with one attached hydrogen (secondary N) is 3. The highest BCUT2D eigenvalue weighted by Gasteiger charge is 2.23. The number of pyridine rings is 1. The number of para-hydroxylation sites is 1. The van der Waals surface area contributed by atoms with E-state index in [-0.39, 0.29) is 17.5 Å². The minimum atomic E-state index is -0.399. The summed E-state index contributed by atoms with van der Waals surface area (Å²) in [5.74, 6) is -0.481. The molecule has 4 heterocycles. The summed E-state index contributed by atoms with van der Waals surface area (Å²) < 4.78 is 0. The normalized spacial score (nSPS) is 13.3. The Morgan fingerprint density at radius 1 is 0.952 bits per heavy atom. The van der Waals surface area contributed by atoms with Gasteiger partial charge in [0.1, 0.15) is 11.2 Å². The summed E-state index contributed by atoms with van der Waals surface area (Å²) in [6, 6.07) is 22.6. The molecule has 7 rings (SSSR count). The molecule has 3 N–H and O–H groups in total. The first kappa shape index (κ1) is 26.3. The third kappa shape index (κ3) is 5.35. The molecular formula is C31H24ClN7O2S. The van der Waals surface area contributed by atoms with Gasteiger partial charge in [0.15, 0.2) is 5.13 Å². The summed E-state index contributed by atoms with van der Waals surface area (Å²) in [6.45, 7) is 2.49. The van der Waals surface area contributed by atoms with Gasteiger partial charge in [0.2, 0.25) is 5.95 Å². The predicted octanol–water partition coefficient (Wildman–Crippen LogP) is 6.28. The van der Waals surface area contributed by atoms with Crippen LogP contribution in [0.5, 0.6) is 0 Å². The zero-order valence-electron chi connectivity index (χ0n) is 22.2. The number of carbonyl (C=O) groups is 2. The molecule has 9 nitrogen and oxygen atoms in total. The van der Waals surface area contributed by atoms with Gasteiger partial charge in [-0.15, -0.1) is 11.3 Å². The monoisotopic (exact) mass is 593 g/mol. The highest BCUT2D eigenvalue weighted by molar-refractivity contribution is 7.15. The first-order chi connectivity index (χ1) is 20.5. The zero-order chi connectivity index (χ0) is 28.6. The Hall–Kier alpha value is -4.64. The summed E-state index contributed by atoms with van der Waals surface area (Å²) in [5, 5.41) is 8.87. The second-order valence-corrected chi connectivity index (χ2v) is 11.6. The number of carbonyl (C=O) groups excluding carboxylic acids is 2. The van der Waals surface area contributed by atoms with E-state index < -0.39 is 5.91 Å². The van der Waals surface area contributed by atoms with Crippen LogP contribution in [0, 0.1) is 0 Å². The molecule has 11 heteroatoms. The maximum absolute atomic E-state index is 13.3. The van der Waals surface area contributed by atoms with Crippen LogP contribution in [0.4, 0.5) is 11.1 Å². The summed E-state index contributed by atoms with van der Waals surface area (Å²) >= 11 is 7.52. The molecule has 1 aliphatic rings. The molecule has 0 bridgehead atoms. The molecule has 0 fully saturated rings. The van der Waals surface area contributed by atoms with Crippen LogP contribution in [-0.4, -0.2) is 43.2 Å². The molecule has 42 heavy (non-hydrogen) atoms. The fourth-order valence-corrected chi connectivity index (χ4v) is 6.27. The van der Waals surface area contributed by atoms with Crippen molar-refractivity contribution in [2.24, 2.45) is 0 Å². The lowest BCUT2D eigenvalue weighted by atomic mass is 10.1. The van der Waals surface area contributed by atoms with Crippen LogP contribution in [0.2, 0.25) is 5.02 Å². The molecule has 6 aromatic rings. The number of fused-ring (bicyclic) bond motifs is 3. The second kappa shape index (κ2) is 11.0. The minimum absolute atomic E-state index is 0.232. The fourth-order valence-electron chi connectivity index (χ4n) is 5.10. The van der Waals surface area contributed by atoms with Crippen LogP contribution < -0.4 is 10.6 Å². The predicted molar refractivity (Wildman–Crippen MR) is 165 cm³/mol. The van der Waals surface area contributed by atoms with Crippen molar-refractivity contribution in [2.75, 3.05) is 17.2 Å². The van der Waals surface area contributed by atoms with Crippen LogP contribution in [0.15, 0.2) is 79.0 Å². The van der Waals surface area contributed by atoms with Crippen LogP contribution in [0.1, 0.15) is 37.0 Å². The molecule has 0 radical (unpaired) electrons. The molecule has 0 saturated heterocycles. The van der Waals surface area contributed by atoms with Crippen molar-refractivity contribution >= 4 is 67.6 Å². The molecule has 3 aromatic carbocycles. The van der Waals surface area contributed by atoms with Crippen molar-refractivity contribution in [1.29, 1.82) is 0 Å². The van der Waals surface area contributed by atoms with E-state index in [4.69, 9.17) is 16.6 Å². The number of hydrogen-bond acceptors (Lipinski definition) is 7. The van der Waals surface area contributed by atoms with E-state index >= 15 is 0 Å². The average Bonchev–Trinajstić information content (AvgIpc) is 3.60. The van der Waals surface area contributed by atoms with Gasteiger partial charge in [0.05, 0.1) is 16.8 Å². The first-order valence-electron chi connectivity index (χ1n) is 13.4. The molecule has 2 amide bonds. The smallest absolute Gasteiger partial charge is 0.276 e. The maximum Gasteiger partial charge on any atom is 0.276 e. The number of anilines is 2. The number of amides is 2. The third-order valence-corrected chi connectivity index (χ3v) is 8.45. The number of thiazole rings is 1. The molecule has 0 atom stereocenters. The number of H-pyrrole nitrogens is 1. The number of benzene rings is 3. The Kier molecular flexibility index (Phi) is 6.87. The number of hydrogen-bond donors (Lipinski definition) is 3. The van der Waals surface area contributed by atoms with Crippen molar-refractivity contribution in [3.63, 3.8) is 0 Å². The van der Waals surface area contributed by atoms with Gasteiger partial charge < -0.3 is 4.98 Å². The van der Waals surface area contributed by atoms with Crippen molar-refractivity contribution in [1.82, 2.24) is 24.8 Å². The Morgan fingerprint density at radius 2 is 1.79 bits per heavy atom. The van der Waals surface area contributed by atoms with E-state index in [0.29, 0.717) is 21.7 Å². The van der Waals surface area contributed by atoms with Gasteiger partial charge >= 0.3 is 0 Å². The lowest BCUT2D eigenvalue weighted by Gasteiger charge is -2.25. The maximum atomic E-state index is 13.3. The van der Waals surface area contributed by atoms with Crippen LogP contribution in [0.3, 0.4) is 0 Å². The van der Waals surface area contributed by atoms with Gasteiger partial charge in [-0.2, -0.15) is 0 Å². The summed E-state index contributed by atoms with van der Waals surface area (Å²) in [6.07, 6.45) is 2.48. The minimum Gasteiger partial charge on any atom is -0.324 e. The first-order valence-corrected chi connectivity index (χ1v) is 14.6. The quantitative estimate of drug-likeness (QED) is 0.209. The Bertz CT molecular complexity index is 1970. The van der Waals surface area contributed by atoms with Gasteiger partial charge in [-0.1, -0.05) is 54.1 Å². The second-order valence-electron chi connectivity index (χ2n) is 10.1. The van der Waals surface area contributed by atoms with E-state index in [9.17, 15) is 9.59 Å². The largest absolute Gasteiger partial charge is 0.324 e. The highest BCUT2D eigenvalue weighted by atomic mass is 35.5. The number of aromatic amines is 1. The molecular weight excluding hydrogens is 570 g/mol. The van der Waals surface area contributed by atoms with Crippen LogP contribution in [-0.2, 0) is 19.5 Å². The molecule has 0 saturated carbocycles. The third-order valence-electron chi connectivity index (χ3n) is 7.20. The standard InChI is InChI=1S/C31H24ClN7O2S/c32-21-10-8-18(9-11-21)16-39-13-12-23-26(17-39)42-31(35-23)38-28(40)22-6-3-7-24-27(22)36-30(34-24)37-29(41)25-14-19-4-1-2-5-20(19)15-33-25/h1-11,14-15H,12-13,16-17H2,(H,35,38,40)(H2,34,36,37,41). The van der Waals surface area contributed by atoms with E-state index in [1.165, 1.54) is 16.9 Å². The van der Waals surface area contributed by atoms with Crippen molar-refractivity contribution in [3.8, 4) is 0 Å². The van der Waals surface area contributed by atoms with Crippen molar-refractivity contribution in [2.45, 2.75) is 19.5 Å². The van der Waals surface area contributed by atoms with Crippen molar-refractivity contribution in [3.05, 3.63) is 111 Å². The van der Waals surface area contributed by atoms with E-state index in [1.54, 1.807) is 30.5 Å². The molecule has 1 aliphatic heterocycles. The topological polar surface area (TPSA) is 116 Å². The summed E-state index contributed by atoms with van der Waals surface area (Å²) in [5.41, 5.74) is 3.95. The van der Waals surface area contributed by atoms with Gasteiger partial charge in [-0.3, -0.25) is 30.1 Å². The fraction of sp³-hybridized carbons (Fsp3) is 0.129. The molecule has 0 spiro atoms. The van der Waals surface area contributed by atoms with Gasteiger partial charge in [-0.25, -0.2) is 9.97 Å². The van der Waals surface area contributed by atoms with Crippen LogP contribution >= 0.6 is 22.9 Å². The van der Waals surface area contributed by atoms with E-state index in [0.717, 1.165) is 52.4 Å². The lowest BCUT2D eigenvalue weighted by molar-refractivity contribution is 0.101. The van der Waals surface area contributed by atoms with Gasteiger partial charge in [0.25, 0.3) is 11.8 Å². The van der Waals surface area contributed by atoms with Gasteiger partial charge in [0, 0.05) is 47.5 Å². The molecule has 208 valence electrons. The van der Waals surface area contributed by atoms with E-state index in [2.05, 4.69) is 30.5 Å². The molecule has 0 aliphatic carbocycles. The molecule has 0 unspecified atom stereocenters. The Balaban J connectivity index is 1.05. The van der Waals surface area contributed by atoms with Crippen molar-refractivity contribution < 1.29 is 9.59 Å². The lowest BCUT2D eigenvalue weighted by Crippen LogP contribution is -2.29. The zero-order valence-corrected chi connectivity index (χ0v) is 23.8. The van der Waals surface area contributed by atoms with Crippen LogP contribution in [0.25, 0.3) is 21.8 Å².